The van der Waals surface area contributed by atoms with Gasteiger partial charge in [0, 0.05) is 17.5 Å². The Balaban J connectivity index is 1.51. The van der Waals surface area contributed by atoms with Gasteiger partial charge in [-0.05, 0) is 42.7 Å². The summed E-state index contributed by atoms with van der Waals surface area (Å²) < 4.78 is 0. The van der Waals surface area contributed by atoms with Gasteiger partial charge in [0.1, 0.15) is 5.82 Å². The van der Waals surface area contributed by atoms with Crippen LogP contribution in [0.15, 0.2) is 42.6 Å². The molecule has 24 heavy (non-hydrogen) atoms. The van der Waals surface area contributed by atoms with Crippen LogP contribution in [0.2, 0.25) is 5.02 Å². The second-order valence-electron chi connectivity index (χ2n) is 6.24. The van der Waals surface area contributed by atoms with Crippen LogP contribution >= 0.6 is 11.6 Å². The van der Waals surface area contributed by atoms with E-state index in [1.165, 1.54) is 6.42 Å². The highest BCUT2D eigenvalue weighted by Gasteiger charge is 2.20. The molecule has 1 fully saturated rings. The lowest BCUT2D eigenvalue weighted by atomic mass is 9.88. The summed E-state index contributed by atoms with van der Waals surface area (Å²) >= 11 is 5.88. The molecule has 0 aliphatic heterocycles. The van der Waals surface area contributed by atoms with E-state index in [1.54, 1.807) is 6.20 Å². The first-order valence-corrected chi connectivity index (χ1v) is 8.84. The number of hydrogen-bond acceptors (Lipinski definition) is 3. The smallest absolute Gasteiger partial charge is 0.227 e. The van der Waals surface area contributed by atoms with Crippen molar-refractivity contribution >= 4 is 29.0 Å². The number of amides is 1. The largest absolute Gasteiger partial charge is 0.366 e. The van der Waals surface area contributed by atoms with Gasteiger partial charge in [-0.3, -0.25) is 4.79 Å². The molecule has 0 spiro atoms. The van der Waals surface area contributed by atoms with Crippen LogP contribution in [0.3, 0.4) is 0 Å². The minimum Gasteiger partial charge on any atom is -0.366 e. The number of rotatable bonds is 5. The number of anilines is 2. The van der Waals surface area contributed by atoms with E-state index in [0.29, 0.717) is 6.54 Å². The Morgan fingerprint density at radius 2 is 1.83 bits per heavy atom. The van der Waals surface area contributed by atoms with E-state index in [1.807, 2.05) is 36.4 Å². The predicted octanol–water partition coefficient (Wildman–Crippen LogP) is 4.87. The maximum atomic E-state index is 12.2. The zero-order valence-electron chi connectivity index (χ0n) is 13.6. The van der Waals surface area contributed by atoms with Gasteiger partial charge >= 0.3 is 0 Å². The third-order valence-electron chi connectivity index (χ3n) is 4.39. The van der Waals surface area contributed by atoms with Gasteiger partial charge in [-0.25, -0.2) is 4.98 Å². The summed E-state index contributed by atoms with van der Waals surface area (Å²) in [5.74, 6) is 1.06. The maximum Gasteiger partial charge on any atom is 0.227 e. The van der Waals surface area contributed by atoms with Gasteiger partial charge in [0.05, 0.1) is 11.9 Å². The molecule has 0 unspecified atom stereocenters. The Hall–Kier alpha value is -2.07. The minimum atomic E-state index is 0.123. The van der Waals surface area contributed by atoms with Gasteiger partial charge in [0.2, 0.25) is 5.91 Å². The number of pyridine rings is 1. The zero-order valence-corrected chi connectivity index (χ0v) is 14.4. The van der Waals surface area contributed by atoms with Crippen molar-refractivity contribution in [1.29, 1.82) is 0 Å². The predicted molar refractivity (Wildman–Crippen MR) is 98.2 cm³/mol. The Morgan fingerprint density at radius 1 is 1.08 bits per heavy atom. The Labute approximate surface area is 147 Å². The van der Waals surface area contributed by atoms with E-state index in [0.717, 1.165) is 47.8 Å². The Kier molecular flexibility index (Phi) is 5.70. The number of benzene rings is 1. The molecule has 0 bridgehead atoms. The molecule has 2 aromatic rings. The van der Waals surface area contributed by atoms with E-state index < -0.39 is 0 Å². The molecular weight excluding hydrogens is 322 g/mol. The summed E-state index contributed by atoms with van der Waals surface area (Å²) in [7, 11) is 0. The molecule has 5 heteroatoms. The van der Waals surface area contributed by atoms with Crippen molar-refractivity contribution in [2.75, 3.05) is 10.6 Å². The third kappa shape index (κ3) is 4.71. The van der Waals surface area contributed by atoms with Gasteiger partial charge < -0.3 is 10.6 Å². The van der Waals surface area contributed by atoms with E-state index in [9.17, 15) is 4.79 Å². The summed E-state index contributed by atoms with van der Waals surface area (Å²) in [4.78, 5) is 16.6. The van der Waals surface area contributed by atoms with Crippen molar-refractivity contribution in [1.82, 2.24) is 4.98 Å². The molecule has 1 aliphatic carbocycles. The highest BCUT2D eigenvalue weighted by molar-refractivity contribution is 6.30. The molecule has 2 N–H and O–H groups in total. The fourth-order valence-corrected chi connectivity index (χ4v) is 3.10. The lowest BCUT2D eigenvalue weighted by Crippen LogP contribution is -2.24. The summed E-state index contributed by atoms with van der Waals surface area (Å²) in [5.41, 5.74) is 1.89. The monoisotopic (exact) mass is 343 g/mol. The SMILES string of the molecule is O=C(Nc1ccc(NCc2ccc(Cl)cc2)nc1)C1CCCCC1. The highest BCUT2D eigenvalue weighted by atomic mass is 35.5. The van der Waals surface area contributed by atoms with E-state index in [-0.39, 0.29) is 11.8 Å². The lowest BCUT2D eigenvalue weighted by Gasteiger charge is -2.20. The zero-order chi connectivity index (χ0) is 16.8. The molecule has 0 radical (unpaired) electrons. The normalized spacial score (nSPS) is 15.0. The lowest BCUT2D eigenvalue weighted by molar-refractivity contribution is -0.120. The summed E-state index contributed by atoms with van der Waals surface area (Å²) in [6.07, 6.45) is 7.26. The average Bonchev–Trinajstić information content (AvgIpc) is 2.63. The molecule has 126 valence electrons. The van der Waals surface area contributed by atoms with Crippen molar-refractivity contribution in [3.8, 4) is 0 Å². The molecule has 1 heterocycles. The number of halogens is 1. The van der Waals surface area contributed by atoms with Crippen LogP contribution in [0.4, 0.5) is 11.5 Å². The van der Waals surface area contributed by atoms with Crippen molar-refractivity contribution < 1.29 is 4.79 Å². The Bertz CT molecular complexity index is 664. The molecule has 4 nitrogen and oxygen atoms in total. The van der Waals surface area contributed by atoms with Crippen molar-refractivity contribution in [2.24, 2.45) is 5.92 Å². The van der Waals surface area contributed by atoms with Gasteiger partial charge in [0.25, 0.3) is 0 Å². The van der Waals surface area contributed by atoms with Crippen LogP contribution < -0.4 is 10.6 Å². The van der Waals surface area contributed by atoms with Crippen LogP contribution in [0.5, 0.6) is 0 Å². The molecule has 1 amide bonds. The molecule has 0 saturated heterocycles. The van der Waals surface area contributed by atoms with E-state index >= 15 is 0 Å². The van der Waals surface area contributed by atoms with Crippen LogP contribution in [0, 0.1) is 5.92 Å². The number of nitrogens with zero attached hydrogens (tertiary/aromatic N) is 1. The standard InChI is InChI=1S/C19H22ClN3O/c20-16-8-6-14(7-9-16)12-21-18-11-10-17(13-22-18)23-19(24)15-4-2-1-3-5-15/h6-11,13,15H,1-5,12H2,(H,21,22)(H,23,24). The fraction of sp³-hybridized carbons (Fsp3) is 0.368. The Morgan fingerprint density at radius 3 is 2.50 bits per heavy atom. The molecule has 1 aromatic heterocycles. The molecule has 1 saturated carbocycles. The number of hydrogen-bond donors (Lipinski definition) is 2. The van der Waals surface area contributed by atoms with Crippen molar-refractivity contribution in [3.63, 3.8) is 0 Å². The number of aromatic nitrogens is 1. The van der Waals surface area contributed by atoms with Crippen LogP contribution in [-0.2, 0) is 11.3 Å². The second kappa shape index (κ2) is 8.15. The maximum absolute atomic E-state index is 12.2. The number of carbonyl (C=O) groups is 1. The quantitative estimate of drug-likeness (QED) is 0.814. The first kappa shape index (κ1) is 16.8. The van der Waals surface area contributed by atoms with Gasteiger partial charge in [0.15, 0.2) is 0 Å². The van der Waals surface area contributed by atoms with Crippen LogP contribution in [-0.4, -0.2) is 10.9 Å². The second-order valence-corrected chi connectivity index (χ2v) is 6.67. The average molecular weight is 344 g/mol. The van der Waals surface area contributed by atoms with E-state index in [4.69, 9.17) is 11.6 Å². The summed E-state index contributed by atoms with van der Waals surface area (Å²) in [6, 6.07) is 11.5. The summed E-state index contributed by atoms with van der Waals surface area (Å²) in [5, 5.41) is 6.96. The number of carbonyl (C=O) groups excluding carboxylic acids is 1. The molecular formula is C19H22ClN3O. The summed E-state index contributed by atoms with van der Waals surface area (Å²) in [6.45, 7) is 0.679. The molecule has 1 aromatic carbocycles. The molecule has 1 aliphatic rings. The van der Waals surface area contributed by atoms with Crippen LogP contribution in [0.1, 0.15) is 37.7 Å². The molecule has 3 rings (SSSR count). The topological polar surface area (TPSA) is 54.0 Å². The highest BCUT2D eigenvalue weighted by Crippen LogP contribution is 2.25. The fourth-order valence-electron chi connectivity index (χ4n) is 2.98. The van der Waals surface area contributed by atoms with Crippen molar-refractivity contribution in [2.45, 2.75) is 38.6 Å². The number of nitrogens with one attached hydrogen (secondary N) is 2. The van der Waals surface area contributed by atoms with Gasteiger partial charge in [-0.1, -0.05) is 43.0 Å². The molecule has 0 atom stereocenters. The van der Waals surface area contributed by atoms with Gasteiger partial charge in [-0.15, -0.1) is 0 Å². The first-order chi connectivity index (χ1) is 11.7. The third-order valence-corrected chi connectivity index (χ3v) is 4.65. The van der Waals surface area contributed by atoms with Crippen LogP contribution in [0.25, 0.3) is 0 Å². The van der Waals surface area contributed by atoms with Gasteiger partial charge in [-0.2, -0.15) is 0 Å². The minimum absolute atomic E-state index is 0.123. The van der Waals surface area contributed by atoms with E-state index in [2.05, 4.69) is 15.6 Å². The first-order valence-electron chi connectivity index (χ1n) is 8.46. The van der Waals surface area contributed by atoms with Crippen molar-refractivity contribution in [3.05, 3.63) is 53.2 Å².